The molecule has 2 heterocycles. The van der Waals surface area contributed by atoms with Crippen molar-refractivity contribution in [2.45, 2.75) is 20.4 Å². The molecule has 0 saturated heterocycles. The number of hydrogen-bond acceptors (Lipinski definition) is 4. The predicted molar refractivity (Wildman–Crippen MR) is 121 cm³/mol. The van der Waals surface area contributed by atoms with Gasteiger partial charge in [0.1, 0.15) is 17.1 Å². The number of nitrogens with zero attached hydrogens (tertiary/aromatic N) is 2. The minimum Gasteiger partial charge on any atom is -0.323 e. The van der Waals surface area contributed by atoms with Crippen molar-refractivity contribution in [1.29, 1.82) is 0 Å². The third kappa shape index (κ3) is 3.92. The van der Waals surface area contributed by atoms with Crippen molar-refractivity contribution in [2.75, 3.05) is 5.32 Å². The molecular formula is C22H17ClFN3O3S. The van der Waals surface area contributed by atoms with Gasteiger partial charge in [0, 0.05) is 0 Å². The highest BCUT2D eigenvalue weighted by Crippen LogP contribution is 2.23. The second kappa shape index (κ2) is 8.13. The number of nitrogens with one attached hydrogen (secondary N) is 1. The molecule has 6 nitrogen and oxygen atoms in total. The average Bonchev–Trinajstić information content (AvgIpc) is 3.21. The van der Waals surface area contributed by atoms with Gasteiger partial charge in [0.25, 0.3) is 5.56 Å². The molecule has 1 amide bonds. The fourth-order valence-electron chi connectivity index (χ4n) is 3.34. The average molecular weight is 458 g/mol. The lowest BCUT2D eigenvalue weighted by Crippen LogP contribution is -2.40. The van der Waals surface area contributed by atoms with Gasteiger partial charge >= 0.3 is 5.69 Å². The molecule has 0 aliphatic carbocycles. The smallest absolute Gasteiger partial charge is 0.323 e. The highest BCUT2D eigenvalue weighted by atomic mass is 35.5. The number of fused-ring (bicyclic) bond motifs is 1. The lowest BCUT2D eigenvalue weighted by molar-refractivity contribution is -0.116. The van der Waals surface area contributed by atoms with Crippen molar-refractivity contribution in [3.05, 3.63) is 90.6 Å². The van der Waals surface area contributed by atoms with E-state index in [4.69, 9.17) is 11.6 Å². The molecule has 0 aliphatic heterocycles. The lowest BCUT2D eigenvalue weighted by atomic mass is 10.1. The summed E-state index contributed by atoms with van der Waals surface area (Å²) in [4.78, 5) is 39.1. The summed E-state index contributed by atoms with van der Waals surface area (Å²) in [5.74, 6) is -1.13. The van der Waals surface area contributed by atoms with Gasteiger partial charge in [-0.2, -0.15) is 0 Å². The van der Waals surface area contributed by atoms with Crippen molar-refractivity contribution in [3.63, 3.8) is 0 Å². The quantitative estimate of drug-likeness (QED) is 0.497. The highest BCUT2D eigenvalue weighted by molar-refractivity contribution is 7.17. The Morgan fingerprint density at radius 3 is 2.68 bits per heavy atom. The van der Waals surface area contributed by atoms with Gasteiger partial charge in [0.2, 0.25) is 5.91 Å². The number of aromatic nitrogens is 2. The maximum Gasteiger partial charge on any atom is 0.336 e. The molecule has 0 unspecified atom stereocenters. The molecular weight excluding hydrogens is 441 g/mol. The first kappa shape index (κ1) is 21.0. The van der Waals surface area contributed by atoms with Crippen molar-refractivity contribution in [3.8, 4) is 5.69 Å². The Morgan fingerprint density at radius 1 is 1.13 bits per heavy atom. The zero-order valence-electron chi connectivity index (χ0n) is 16.6. The third-order valence-electron chi connectivity index (χ3n) is 4.86. The molecule has 158 valence electrons. The van der Waals surface area contributed by atoms with Crippen molar-refractivity contribution in [2.24, 2.45) is 0 Å². The van der Waals surface area contributed by atoms with E-state index in [9.17, 15) is 18.8 Å². The molecule has 1 N–H and O–H groups in total. The standard InChI is InChI=1S/C22H17ClFN3O3S/c1-12-3-4-13(2)18(9-12)27-21(29)20-17(7-8-31-20)26(22(27)30)11-19(28)25-16-10-14(24)5-6-15(16)23/h3-10H,11H2,1-2H3,(H,25,28). The Labute approximate surface area is 185 Å². The molecule has 0 bridgehead atoms. The first-order valence-electron chi connectivity index (χ1n) is 9.32. The van der Waals surface area contributed by atoms with Crippen molar-refractivity contribution in [1.82, 2.24) is 9.13 Å². The fraction of sp³-hybridized carbons (Fsp3) is 0.136. The van der Waals surface area contributed by atoms with Crippen LogP contribution in [-0.2, 0) is 11.3 Å². The number of amides is 1. The van der Waals surface area contributed by atoms with Crippen LogP contribution < -0.4 is 16.6 Å². The second-order valence-corrected chi connectivity index (χ2v) is 8.43. The van der Waals surface area contributed by atoms with Gasteiger partial charge in [-0.1, -0.05) is 23.7 Å². The van der Waals surface area contributed by atoms with Gasteiger partial charge in [0.05, 0.1) is 21.9 Å². The van der Waals surface area contributed by atoms with Crippen LogP contribution in [0.5, 0.6) is 0 Å². The zero-order chi connectivity index (χ0) is 22.3. The molecule has 4 rings (SSSR count). The molecule has 0 spiro atoms. The van der Waals surface area contributed by atoms with Crippen LogP contribution in [0.15, 0.2) is 57.4 Å². The van der Waals surface area contributed by atoms with Crippen LogP contribution in [0.3, 0.4) is 0 Å². The molecule has 0 aliphatic rings. The number of halogens is 2. The van der Waals surface area contributed by atoms with Gasteiger partial charge in [0.15, 0.2) is 0 Å². The number of hydrogen-bond donors (Lipinski definition) is 1. The van der Waals surface area contributed by atoms with E-state index in [1.54, 1.807) is 17.5 Å². The van der Waals surface area contributed by atoms with Crippen LogP contribution in [0.1, 0.15) is 11.1 Å². The minimum absolute atomic E-state index is 0.101. The molecule has 31 heavy (non-hydrogen) atoms. The number of benzene rings is 2. The van der Waals surface area contributed by atoms with E-state index in [0.717, 1.165) is 21.8 Å². The Kier molecular flexibility index (Phi) is 5.51. The van der Waals surface area contributed by atoms with Crippen molar-refractivity contribution < 1.29 is 9.18 Å². The highest BCUT2D eigenvalue weighted by Gasteiger charge is 2.19. The molecule has 2 aromatic carbocycles. The monoisotopic (exact) mass is 457 g/mol. The SMILES string of the molecule is Cc1ccc(C)c(-n2c(=O)c3sccc3n(CC(=O)Nc3cc(F)ccc3Cl)c2=O)c1. The zero-order valence-corrected chi connectivity index (χ0v) is 18.2. The first-order chi connectivity index (χ1) is 14.8. The van der Waals surface area contributed by atoms with Crippen LogP contribution in [0.2, 0.25) is 5.02 Å². The van der Waals surface area contributed by atoms with Crippen LogP contribution in [-0.4, -0.2) is 15.0 Å². The Bertz CT molecular complexity index is 1450. The summed E-state index contributed by atoms with van der Waals surface area (Å²) in [6, 6.07) is 10.7. The molecule has 4 aromatic rings. The maximum absolute atomic E-state index is 13.5. The van der Waals surface area contributed by atoms with Gasteiger partial charge in [-0.25, -0.2) is 13.8 Å². The van der Waals surface area contributed by atoms with E-state index in [-0.39, 0.29) is 17.3 Å². The van der Waals surface area contributed by atoms with Crippen LogP contribution >= 0.6 is 22.9 Å². The van der Waals surface area contributed by atoms with Gasteiger partial charge in [-0.05, 0) is 60.7 Å². The summed E-state index contributed by atoms with van der Waals surface area (Å²) < 4.78 is 16.2. The summed E-state index contributed by atoms with van der Waals surface area (Å²) in [5, 5.41) is 4.38. The van der Waals surface area contributed by atoms with Gasteiger partial charge in [-0.3, -0.25) is 14.2 Å². The Morgan fingerprint density at radius 2 is 1.90 bits per heavy atom. The van der Waals surface area contributed by atoms with E-state index < -0.39 is 23.0 Å². The van der Waals surface area contributed by atoms with Gasteiger partial charge in [-0.15, -0.1) is 11.3 Å². The number of thiophene rings is 1. The summed E-state index contributed by atoms with van der Waals surface area (Å²) >= 11 is 7.21. The molecule has 9 heteroatoms. The largest absolute Gasteiger partial charge is 0.336 e. The minimum atomic E-state index is -0.634. The number of anilines is 1. The van der Waals surface area contributed by atoms with Crippen LogP contribution in [0.4, 0.5) is 10.1 Å². The van der Waals surface area contributed by atoms with E-state index in [1.807, 2.05) is 26.0 Å². The lowest BCUT2D eigenvalue weighted by Gasteiger charge is -2.14. The van der Waals surface area contributed by atoms with E-state index >= 15 is 0 Å². The molecule has 0 fully saturated rings. The first-order valence-corrected chi connectivity index (χ1v) is 10.6. The fourth-order valence-corrected chi connectivity index (χ4v) is 4.33. The Hall–Kier alpha value is -3.23. The number of carbonyl (C=O) groups excluding carboxylic acids is 1. The normalized spacial score (nSPS) is 11.1. The maximum atomic E-state index is 13.5. The molecule has 0 atom stereocenters. The summed E-state index contributed by atoms with van der Waals surface area (Å²) in [7, 11) is 0. The second-order valence-electron chi connectivity index (χ2n) is 7.11. The topological polar surface area (TPSA) is 73.1 Å². The summed E-state index contributed by atoms with van der Waals surface area (Å²) in [5.41, 5.74) is 1.50. The summed E-state index contributed by atoms with van der Waals surface area (Å²) in [6.45, 7) is 3.30. The number of carbonyl (C=O) groups is 1. The molecule has 2 aromatic heterocycles. The number of aryl methyl sites for hydroxylation is 2. The van der Waals surface area contributed by atoms with E-state index in [0.29, 0.717) is 15.9 Å². The predicted octanol–water partition coefficient (Wildman–Crippen LogP) is 4.26. The van der Waals surface area contributed by atoms with Crippen LogP contribution in [0, 0.1) is 19.7 Å². The molecule has 0 saturated carbocycles. The van der Waals surface area contributed by atoms with E-state index in [1.165, 1.54) is 28.0 Å². The van der Waals surface area contributed by atoms with Gasteiger partial charge < -0.3 is 5.32 Å². The third-order valence-corrected chi connectivity index (χ3v) is 6.09. The van der Waals surface area contributed by atoms with Crippen molar-refractivity contribution >= 4 is 44.7 Å². The van der Waals surface area contributed by atoms with E-state index in [2.05, 4.69) is 5.32 Å². The number of rotatable bonds is 4. The molecule has 0 radical (unpaired) electrons. The summed E-state index contributed by atoms with van der Waals surface area (Å²) in [6.07, 6.45) is 0. The Balaban J connectivity index is 1.83. The van der Waals surface area contributed by atoms with Crippen LogP contribution in [0.25, 0.3) is 15.9 Å².